The molecular weight excluding hydrogens is 410 g/mol. The molecule has 8 heteroatoms. The summed E-state index contributed by atoms with van der Waals surface area (Å²) in [4.78, 5) is 33.4. The summed E-state index contributed by atoms with van der Waals surface area (Å²) in [7, 11) is 0. The van der Waals surface area contributed by atoms with Crippen LogP contribution in [-0.4, -0.2) is 62.7 Å². The zero-order valence-electron chi connectivity index (χ0n) is 18.2. The average Bonchev–Trinajstić information content (AvgIpc) is 2.73. The Hall–Kier alpha value is -1.80. The second-order valence-electron chi connectivity index (χ2n) is 10.00. The van der Waals surface area contributed by atoms with Gasteiger partial charge < -0.3 is 15.2 Å². The van der Waals surface area contributed by atoms with E-state index in [2.05, 4.69) is 16.5 Å². The molecule has 168 valence electrons. The largest absolute Gasteiger partial charge is 0.385 e. The Kier molecular flexibility index (Phi) is 5.63. The summed E-state index contributed by atoms with van der Waals surface area (Å²) in [5, 5.41) is 0.477. The minimum atomic E-state index is -0.378. The van der Waals surface area contributed by atoms with Crippen LogP contribution in [0.25, 0.3) is 0 Å². The monoisotopic (exact) mass is 443 g/mol. The number of nitrogens with two attached hydrogens (primary N) is 1. The Morgan fingerprint density at radius 3 is 2.35 bits per heavy atom. The van der Waals surface area contributed by atoms with Crippen molar-refractivity contribution in [2.45, 2.75) is 55.8 Å². The highest BCUT2D eigenvalue weighted by Crippen LogP contribution is 2.57. The molecule has 5 aliphatic rings. The van der Waals surface area contributed by atoms with E-state index in [-0.39, 0.29) is 17.2 Å². The zero-order chi connectivity index (χ0) is 21.6. The fourth-order valence-corrected chi connectivity index (χ4v) is 7.95. The predicted molar refractivity (Wildman–Crippen MR) is 123 cm³/mol. The Morgan fingerprint density at radius 1 is 1.16 bits per heavy atom. The van der Waals surface area contributed by atoms with E-state index in [1.165, 1.54) is 56.4 Å². The highest BCUT2D eigenvalue weighted by molar-refractivity contribution is 7.99. The number of thioether (sulfide) groups is 1. The molecule has 31 heavy (non-hydrogen) atoms. The van der Waals surface area contributed by atoms with E-state index in [0.29, 0.717) is 23.1 Å². The molecule has 0 unspecified atom stereocenters. The van der Waals surface area contributed by atoms with Crippen LogP contribution in [0.15, 0.2) is 28.7 Å². The van der Waals surface area contributed by atoms with Crippen LogP contribution in [0.3, 0.4) is 0 Å². The van der Waals surface area contributed by atoms with Gasteiger partial charge in [0.05, 0.1) is 5.75 Å². The summed E-state index contributed by atoms with van der Waals surface area (Å²) in [6, 6.07) is 1.30. The summed E-state index contributed by atoms with van der Waals surface area (Å²) in [5.41, 5.74) is 6.00. The van der Waals surface area contributed by atoms with Gasteiger partial charge in [0, 0.05) is 44.3 Å². The van der Waals surface area contributed by atoms with E-state index >= 15 is 0 Å². The van der Waals surface area contributed by atoms with Gasteiger partial charge in [0.15, 0.2) is 5.16 Å². The van der Waals surface area contributed by atoms with Crippen molar-refractivity contribution in [1.82, 2.24) is 19.4 Å². The van der Waals surface area contributed by atoms with E-state index < -0.39 is 0 Å². The first-order valence-electron chi connectivity index (χ1n) is 11.6. The summed E-state index contributed by atoms with van der Waals surface area (Å²) in [5.74, 6) is 3.56. The van der Waals surface area contributed by atoms with E-state index in [9.17, 15) is 9.59 Å². The third-order valence-corrected chi connectivity index (χ3v) is 8.93. The lowest BCUT2D eigenvalue weighted by Gasteiger charge is -2.61. The minimum absolute atomic E-state index is 0.108. The number of piperazine rings is 1. The van der Waals surface area contributed by atoms with Crippen LogP contribution in [0, 0.1) is 17.8 Å². The molecule has 4 aliphatic carbocycles. The van der Waals surface area contributed by atoms with Crippen LogP contribution in [-0.2, 0) is 11.3 Å². The molecule has 2 heterocycles. The van der Waals surface area contributed by atoms with Crippen molar-refractivity contribution in [2.75, 3.05) is 37.7 Å². The van der Waals surface area contributed by atoms with Crippen molar-refractivity contribution in [2.24, 2.45) is 17.8 Å². The number of carbonyl (C=O) groups excluding carboxylic acids is 1. The summed E-state index contributed by atoms with van der Waals surface area (Å²) in [6.07, 6.45) is 10.2. The van der Waals surface area contributed by atoms with Gasteiger partial charge in [-0.1, -0.05) is 17.8 Å². The summed E-state index contributed by atoms with van der Waals surface area (Å²) < 4.78 is 1.72. The zero-order valence-corrected chi connectivity index (χ0v) is 19.0. The van der Waals surface area contributed by atoms with Gasteiger partial charge in [0.2, 0.25) is 5.91 Å². The van der Waals surface area contributed by atoms with Crippen LogP contribution in [0.4, 0.5) is 5.82 Å². The predicted octanol–water partition coefficient (Wildman–Crippen LogP) is 2.22. The third-order valence-electron chi connectivity index (χ3n) is 7.97. The molecular formula is C23H33N5O2S. The first kappa shape index (κ1) is 21.1. The van der Waals surface area contributed by atoms with Crippen LogP contribution < -0.4 is 11.3 Å². The van der Waals surface area contributed by atoms with E-state index in [4.69, 9.17) is 5.73 Å². The molecule has 0 atom stereocenters. The first-order chi connectivity index (χ1) is 15.0. The first-order valence-corrected chi connectivity index (χ1v) is 12.6. The molecule has 0 spiro atoms. The number of amides is 1. The molecule has 1 amide bonds. The molecule has 6 rings (SSSR count). The van der Waals surface area contributed by atoms with Crippen molar-refractivity contribution >= 4 is 23.5 Å². The Morgan fingerprint density at radius 2 is 1.77 bits per heavy atom. The number of hydrogen-bond acceptors (Lipinski definition) is 6. The number of hydrogen-bond donors (Lipinski definition) is 1. The van der Waals surface area contributed by atoms with Gasteiger partial charge in [0.25, 0.3) is 5.56 Å². The number of anilines is 1. The quantitative estimate of drug-likeness (QED) is 0.412. The van der Waals surface area contributed by atoms with Crippen molar-refractivity contribution < 1.29 is 4.79 Å². The van der Waals surface area contributed by atoms with E-state index in [1.807, 2.05) is 4.90 Å². The third kappa shape index (κ3) is 4.04. The van der Waals surface area contributed by atoms with Crippen molar-refractivity contribution in [1.29, 1.82) is 0 Å². The lowest BCUT2D eigenvalue weighted by atomic mass is 9.52. The molecule has 0 aromatic carbocycles. The summed E-state index contributed by atoms with van der Waals surface area (Å²) >= 11 is 1.28. The second kappa shape index (κ2) is 8.28. The van der Waals surface area contributed by atoms with Crippen LogP contribution in [0.1, 0.15) is 38.5 Å². The highest BCUT2D eigenvalue weighted by Gasteiger charge is 2.53. The maximum atomic E-state index is 12.9. The van der Waals surface area contributed by atoms with Crippen LogP contribution in [0.5, 0.6) is 0 Å². The molecule has 7 nitrogen and oxygen atoms in total. The van der Waals surface area contributed by atoms with Gasteiger partial charge in [0.1, 0.15) is 5.82 Å². The second-order valence-corrected chi connectivity index (χ2v) is 10.9. The number of nitrogen functional groups attached to an aromatic ring is 1. The van der Waals surface area contributed by atoms with Gasteiger partial charge in [-0.2, -0.15) is 4.98 Å². The normalized spacial score (nSPS) is 32.4. The van der Waals surface area contributed by atoms with Crippen molar-refractivity contribution in [3.05, 3.63) is 29.1 Å². The maximum absolute atomic E-state index is 12.9. The SMILES string of the molecule is C=CCn1c(N)cc(=O)nc1SCC(=O)N1CCN(C23CC4CC(CC(C4)C2)C3)CC1. The number of rotatable bonds is 6. The van der Waals surface area contributed by atoms with E-state index in [0.717, 1.165) is 43.9 Å². The molecule has 5 fully saturated rings. The minimum Gasteiger partial charge on any atom is -0.385 e. The topological polar surface area (TPSA) is 84.5 Å². The molecule has 4 saturated carbocycles. The molecule has 1 saturated heterocycles. The Bertz CT molecular complexity index is 886. The summed E-state index contributed by atoms with van der Waals surface area (Å²) in [6.45, 7) is 7.76. The number of nitrogens with zero attached hydrogens (tertiary/aromatic N) is 4. The molecule has 1 aromatic rings. The molecule has 0 radical (unpaired) electrons. The fraction of sp³-hybridized carbons (Fsp3) is 0.696. The Labute approximate surface area is 188 Å². The number of carbonyl (C=O) groups is 1. The van der Waals surface area contributed by atoms with Gasteiger partial charge >= 0.3 is 0 Å². The van der Waals surface area contributed by atoms with Crippen LogP contribution >= 0.6 is 11.8 Å². The van der Waals surface area contributed by atoms with Crippen molar-refractivity contribution in [3.8, 4) is 0 Å². The fourth-order valence-electron chi connectivity index (χ4n) is 7.02. The number of aromatic nitrogens is 2. The van der Waals surface area contributed by atoms with Crippen LogP contribution in [0.2, 0.25) is 0 Å². The smallest absolute Gasteiger partial charge is 0.275 e. The number of allylic oxidation sites excluding steroid dienone is 1. The standard InChI is InChI=1S/C23H33N5O2S/c1-2-3-28-19(24)11-20(29)25-22(28)31-15-21(30)26-4-6-27(7-5-26)23-12-16-8-17(13-23)10-18(9-16)14-23/h2,11,16-18H,1,3-10,12-15,24H2. The maximum Gasteiger partial charge on any atom is 0.275 e. The highest BCUT2D eigenvalue weighted by atomic mass is 32.2. The molecule has 1 aromatic heterocycles. The average molecular weight is 444 g/mol. The molecule has 1 aliphatic heterocycles. The van der Waals surface area contributed by atoms with E-state index in [1.54, 1.807) is 10.6 Å². The molecule has 2 N–H and O–H groups in total. The van der Waals surface area contributed by atoms with Gasteiger partial charge in [-0.05, 0) is 56.3 Å². The van der Waals surface area contributed by atoms with Crippen molar-refractivity contribution in [3.63, 3.8) is 0 Å². The van der Waals surface area contributed by atoms with Gasteiger partial charge in [-0.15, -0.1) is 6.58 Å². The van der Waals surface area contributed by atoms with Gasteiger partial charge in [-0.3, -0.25) is 14.5 Å². The lowest BCUT2D eigenvalue weighted by molar-refractivity contribution is -0.135. The Balaban J connectivity index is 1.18. The van der Waals surface area contributed by atoms with Gasteiger partial charge in [-0.25, -0.2) is 0 Å². The lowest BCUT2D eigenvalue weighted by Crippen LogP contribution is -2.64. The molecule has 4 bridgehead atoms.